The number of ether oxygens (including phenoxy) is 1. The maximum absolute atomic E-state index is 12.6. The summed E-state index contributed by atoms with van der Waals surface area (Å²) in [5.41, 5.74) is 4.25. The number of alkyl carbamates (subject to hydrolysis) is 1. The number of carboxylic acid groups (broad SMARTS) is 1. The largest absolute Gasteiger partial charge is 0.481 e. The third-order valence-corrected chi connectivity index (χ3v) is 6.78. The Morgan fingerprint density at radius 2 is 1.45 bits per heavy atom. The van der Waals surface area contributed by atoms with Crippen LogP contribution in [0.25, 0.3) is 11.1 Å². The summed E-state index contributed by atoms with van der Waals surface area (Å²) >= 11 is 0. The standard InChI is InChI=1S/C30H35N5O9/c1-3-35(16-26(38)31-14-25(37)34-24(12-28(40)41)29(42)32-13-18(2)36)27(39)15-33-30(43)44-17-23-21-10-6-4-8-19(21)20-9-5-7-11-22(20)23/h4-11,23-24H,3,12-17H2,1-2H3,(H,31,38)(H,32,42)(H,33,43)(H,34,37)(H,40,41). The normalized spacial score (nSPS) is 12.1. The zero-order valence-electron chi connectivity index (χ0n) is 24.4. The molecule has 0 fully saturated rings. The molecule has 0 spiro atoms. The molecule has 1 atom stereocenters. The monoisotopic (exact) mass is 609 g/mol. The Labute approximate surface area is 253 Å². The molecule has 0 heterocycles. The Balaban J connectivity index is 1.43. The van der Waals surface area contributed by atoms with Crippen molar-refractivity contribution in [2.75, 3.05) is 39.3 Å². The molecule has 2 aromatic carbocycles. The SMILES string of the molecule is CCN(CC(=O)NCC(=O)NC(CC(=O)O)C(=O)NCC(C)=O)C(=O)CNC(=O)OCC1c2ccccc2-c2ccccc21. The first kappa shape index (κ1) is 33.2. The quantitative estimate of drug-likeness (QED) is 0.186. The molecule has 1 aliphatic carbocycles. The highest BCUT2D eigenvalue weighted by Crippen LogP contribution is 2.44. The molecule has 234 valence electrons. The van der Waals surface area contributed by atoms with E-state index >= 15 is 0 Å². The van der Waals surface area contributed by atoms with E-state index in [0.29, 0.717) is 0 Å². The average molecular weight is 610 g/mol. The lowest BCUT2D eigenvalue weighted by Crippen LogP contribution is -2.51. The molecule has 1 unspecified atom stereocenters. The number of hydrogen-bond acceptors (Lipinski definition) is 8. The summed E-state index contributed by atoms with van der Waals surface area (Å²) in [5.74, 6) is -4.86. The van der Waals surface area contributed by atoms with Gasteiger partial charge in [0.1, 0.15) is 25.0 Å². The number of benzene rings is 2. The van der Waals surface area contributed by atoms with Crippen LogP contribution < -0.4 is 21.3 Å². The predicted octanol–water partition coefficient (Wildman–Crippen LogP) is 0.155. The van der Waals surface area contributed by atoms with Gasteiger partial charge in [0.25, 0.3) is 0 Å². The lowest BCUT2D eigenvalue weighted by molar-refractivity contribution is -0.140. The molecular weight excluding hydrogens is 574 g/mol. The van der Waals surface area contributed by atoms with Crippen molar-refractivity contribution in [1.82, 2.24) is 26.2 Å². The molecule has 5 amide bonds. The summed E-state index contributed by atoms with van der Waals surface area (Å²) in [6, 6.07) is 14.3. The van der Waals surface area contributed by atoms with Crippen molar-refractivity contribution in [3.63, 3.8) is 0 Å². The van der Waals surface area contributed by atoms with Crippen LogP contribution in [-0.2, 0) is 33.5 Å². The molecule has 2 aromatic rings. The third kappa shape index (κ3) is 9.37. The lowest BCUT2D eigenvalue weighted by Gasteiger charge is -2.21. The second-order valence-corrected chi connectivity index (χ2v) is 10.0. The number of likely N-dealkylation sites (N-methyl/N-ethyl adjacent to an activating group) is 1. The van der Waals surface area contributed by atoms with Gasteiger partial charge >= 0.3 is 12.1 Å². The van der Waals surface area contributed by atoms with Crippen molar-refractivity contribution in [2.24, 2.45) is 0 Å². The van der Waals surface area contributed by atoms with Crippen LogP contribution in [0, 0.1) is 0 Å². The van der Waals surface area contributed by atoms with E-state index in [4.69, 9.17) is 9.84 Å². The number of rotatable bonds is 15. The van der Waals surface area contributed by atoms with Crippen LogP contribution in [0.2, 0.25) is 0 Å². The Kier molecular flexibility index (Phi) is 11.9. The first-order chi connectivity index (χ1) is 21.0. The van der Waals surface area contributed by atoms with Gasteiger partial charge in [-0.05, 0) is 36.1 Å². The summed E-state index contributed by atoms with van der Waals surface area (Å²) in [6.45, 7) is 1.27. The molecular formula is C30H35N5O9. The molecule has 0 saturated heterocycles. The van der Waals surface area contributed by atoms with Crippen LogP contribution in [0.1, 0.15) is 37.3 Å². The van der Waals surface area contributed by atoms with Crippen molar-refractivity contribution in [2.45, 2.75) is 32.2 Å². The van der Waals surface area contributed by atoms with Crippen LogP contribution in [0.3, 0.4) is 0 Å². The molecule has 1 aliphatic rings. The zero-order valence-corrected chi connectivity index (χ0v) is 24.4. The Bertz CT molecular complexity index is 1380. The van der Waals surface area contributed by atoms with Crippen molar-refractivity contribution >= 4 is 41.5 Å². The van der Waals surface area contributed by atoms with Gasteiger partial charge in [-0.15, -0.1) is 0 Å². The van der Waals surface area contributed by atoms with Crippen LogP contribution in [-0.4, -0.2) is 96.9 Å². The number of ketones is 1. The summed E-state index contributed by atoms with van der Waals surface area (Å²) in [6.07, 6.45) is -1.53. The van der Waals surface area contributed by atoms with E-state index in [1.165, 1.54) is 6.92 Å². The maximum Gasteiger partial charge on any atom is 0.407 e. The topological polar surface area (TPSA) is 200 Å². The Hall–Kier alpha value is -5.27. The average Bonchev–Trinajstić information content (AvgIpc) is 3.32. The number of hydrogen-bond donors (Lipinski definition) is 5. The molecule has 0 saturated carbocycles. The van der Waals surface area contributed by atoms with Crippen molar-refractivity contribution < 1.29 is 43.4 Å². The number of carbonyl (C=O) groups is 7. The minimum Gasteiger partial charge on any atom is -0.481 e. The van der Waals surface area contributed by atoms with E-state index in [9.17, 15) is 33.6 Å². The number of aliphatic carboxylic acids is 1. The molecule has 0 aromatic heterocycles. The number of fused-ring (bicyclic) bond motifs is 3. The van der Waals surface area contributed by atoms with Gasteiger partial charge < -0.3 is 36.0 Å². The van der Waals surface area contributed by atoms with Crippen LogP contribution in [0.5, 0.6) is 0 Å². The van der Waals surface area contributed by atoms with Crippen LogP contribution >= 0.6 is 0 Å². The fourth-order valence-electron chi connectivity index (χ4n) is 4.66. The summed E-state index contributed by atoms with van der Waals surface area (Å²) < 4.78 is 5.42. The van der Waals surface area contributed by atoms with E-state index in [1.807, 2.05) is 48.5 Å². The molecule has 14 nitrogen and oxygen atoms in total. The van der Waals surface area contributed by atoms with Gasteiger partial charge in [-0.2, -0.15) is 0 Å². The van der Waals surface area contributed by atoms with Crippen molar-refractivity contribution in [1.29, 1.82) is 0 Å². The fraction of sp³-hybridized carbons (Fsp3) is 0.367. The number of nitrogens with one attached hydrogen (secondary N) is 4. The summed E-state index contributed by atoms with van der Waals surface area (Å²) in [5, 5.41) is 18.1. The number of carboxylic acids is 1. The second-order valence-electron chi connectivity index (χ2n) is 10.0. The van der Waals surface area contributed by atoms with Gasteiger partial charge in [0.2, 0.25) is 23.6 Å². The molecule has 0 aliphatic heterocycles. The molecule has 0 radical (unpaired) electrons. The second kappa shape index (κ2) is 15.8. The van der Waals surface area contributed by atoms with E-state index in [1.54, 1.807) is 6.92 Å². The Morgan fingerprint density at radius 1 is 0.841 bits per heavy atom. The fourth-order valence-corrected chi connectivity index (χ4v) is 4.66. The van der Waals surface area contributed by atoms with Crippen molar-refractivity contribution in [3.05, 3.63) is 59.7 Å². The first-order valence-corrected chi connectivity index (χ1v) is 13.9. The molecule has 14 heteroatoms. The number of amides is 5. The minimum absolute atomic E-state index is 0.0712. The van der Waals surface area contributed by atoms with Gasteiger partial charge in [-0.25, -0.2) is 4.79 Å². The van der Waals surface area contributed by atoms with Crippen LogP contribution in [0.15, 0.2) is 48.5 Å². The highest BCUT2D eigenvalue weighted by molar-refractivity contribution is 5.94. The van der Waals surface area contributed by atoms with E-state index in [-0.39, 0.29) is 31.4 Å². The number of nitrogens with zero attached hydrogens (tertiary/aromatic N) is 1. The highest BCUT2D eigenvalue weighted by atomic mass is 16.5. The Morgan fingerprint density at radius 3 is 2.02 bits per heavy atom. The molecule has 5 N–H and O–H groups in total. The molecule has 44 heavy (non-hydrogen) atoms. The lowest BCUT2D eigenvalue weighted by atomic mass is 9.98. The van der Waals surface area contributed by atoms with Crippen molar-refractivity contribution in [3.8, 4) is 11.1 Å². The van der Waals surface area contributed by atoms with Crippen LogP contribution in [0.4, 0.5) is 4.79 Å². The summed E-state index contributed by atoms with van der Waals surface area (Å²) in [4.78, 5) is 85.1. The predicted molar refractivity (Wildman–Crippen MR) is 156 cm³/mol. The van der Waals surface area contributed by atoms with Gasteiger partial charge in [0, 0.05) is 12.5 Å². The van der Waals surface area contributed by atoms with E-state index in [0.717, 1.165) is 27.2 Å². The van der Waals surface area contributed by atoms with Gasteiger partial charge in [0.05, 0.1) is 26.1 Å². The molecule has 0 bridgehead atoms. The summed E-state index contributed by atoms with van der Waals surface area (Å²) in [7, 11) is 0. The van der Waals surface area contributed by atoms with E-state index in [2.05, 4.69) is 21.3 Å². The third-order valence-electron chi connectivity index (χ3n) is 6.78. The number of Topliss-reactive ketones (excluding diaryl/α,β-unsaturated/α-hetero) is 1. The van der Waals surface area contributed by atoms with E-state index < -0.39 is 67.8 Å². The zero-order chi connectivity index (χ0) is 32.2. The molecule has 3 rings (SSSR count). The first-order valence-electron chi connectivity index (χ1n) is 13.9. The van der Waals surface area contributed by atoms with Gasteiger partial charge in [0.15, 0.2) is 0 Å². The van der Waals surface area contributed by atoms with Gasteiger partial charge in [-0.3, -0.25) is 28.8 Å². The van der Waals surface area contributed by atoms with Gasteiger partial charge in [-0.1, -0.05) is 48.5 Å². The number of carbonyl (C=O) groups excluding carboxylic acids is 6. The highest BCUT2D eigenvalue weighted by Gasteiger charge is 2.29. The smallest absolute Gasteiger partial charge is 0.407 e. The maximum atomic E-state index is 12.6. The minimum atomic E-state index is -1.46.